The Kier molecular flexibility index (Phi) is 4.61. The van der Waals surface area contributed by atoms with E-state index in [1.165, 1.54) is 39.3 Å². The molecule has 30 heavy (non-hydrogen) atoms. The van der Waals surface area contributed by atoms with Crippen LogP contribution in [-0.4, -0.2) is 42.8 Å². The van der Waals surface area contributed by atoms with Gasteiger partial charge in [-0.2, -0.15) is 0 Å². The number of nitro benzene ring substituents is 1. The minimum Gasteiger partial charge on any atom is -0.493 e. The molecule has 2 aliphatic heterocycles. The zero-order valence-electron chi connectivity index (χ0n) is 16.3. The first-order chi connectivity index (χ1) is 14.4. The van der Waals surface area contributed by atoms with Gasteiger partial charge in [-0.15, -0.1) is 0 Å². The molecule has 0 bridgehead atoms. The van der Waals surface area contributed by atoms with Crippen LogP contribution in [0.2, 0.25) is 0 Å². The molecule has 0 unspecified atom stereocenters. The van der Waals surface area contributed by atoms with Crippen molar-refractivity contribution in [3.63, 3.8) is 0 Å². The fraction of sp³-hybridized carbons (Fsp3) is 0.250. The highest BCUT2D eigenvalue weighted by molar-refractivity contribution is 6.33. The lowest BCUT2D eigenvalue weighted by Gasteiger charge is -2.18. The number of fused-ring (bicyclic) bond motifs is 1. The van der Waals surface area contributed by atoms with Crippen LogP contribution in [0.5, 0.6) is 11.5 Å². The number of nitrogens with zero attached hydrogens (tertiary/aromatic N) is 3. The molecule has 2 heterocycles. The molecule has 0 radical (unpaired) electrons. The third-order valence-electron chi connectivity index (χ3n) is 5.21. The second kappa shape index (κ2) is 7.14. The van der Waals surface area contributed by atoms with E-state index in [4.69, 9.17) is 14.3 Å². The molecule has 0 aromatic heterocycles. The number of imide groups is 1. The lowest BCUT2D eigenvalue weighted by atomic mass is 9.93. The maximum absolute atomic E-state index is 13.3. The van der Waals surface area contributed by atoms with E-state index in [1.807, 2.05) is 0 Å². The smallest absolute Gasteiger partial charge is 0.278 e. The first kappa shape index (κ1) is 19.4. The van der Waals surface area contributed by atoms with Crippen LogP contribution >= 0.6 is 0 Å². The molecule has 2 amide bonds. The third-order valence-corrected chi connectivity index (χ3v) is 5.21. The van der Waals surface area contributed by atoms with Crippen molar-refractivity contribution in [1.82, 2.24) is 0 Å². The molecule has 0 saturated carbocycles. The Bertz CT molecular complexity index is 1110. The summed E-state index contributed by atoms with van der Waals surface area (Å²) in [4.78, 5) is 43.2. The zero-order valence-corrected chi connectivity index (χ0v) is 16.3. The van der Waals surface area contributed by atoms with E-state index in [1.54, 1.807) is 18.2 Å². The fourth-order valence-corrected chi connectivity index (χ4v) is 3.78. The number of nitro groups is 1. The number of amides is 2. The van der Waals surface area contributed by atoms with Gasteiger partial charge in [0.05, 0.1) is 30.4 Å². The Hall–Kier alpha value is -3.95. The van der Waals surface area contributed by atoms with Crippen molar-refractivity contribution in [2.75, 3.05) is 19.1 Å². The van der Waals surface area contributed by atoms with Crippen molar-refractivity contribution in [2.24, 2.45) is 11.1 Å². The lowest BCUT2D eigenvalue weighted by molar-refractivity contribution is -0.385. The third kappa shape index (κ3) is 2.68. The molecule has 0 spiro atoms. The van der Waals surface area contributed by atoms with Gasteiger partial charge in [0.1, 0.15) is 11.6 Å². The first-order valence-corrected chi connectivity index (χ1v) is 8.97. The van der Waals surface area contributed by atoms with Gasteiger partial charge >= 0.3 is 0 Å². The van der Waals surface area contributed by atoms with Crippen molar-refractivity contribution >= 4 is 28.9 Å². The second-order valence-corrected chi connectivity index (χ2v) is 6.71. The van der Waals surface area contributed by atoms with Gasteiger partial charge in [-0.1, -0.05) is 17.3 Å². The van der Waals surface area contributed by atoms with Crippen LogP contribution in [0.3, 0.4) is 0 Å². The minimum atomic E-state index is -1.15. The number of methoxy groups -OCH3 is 2. The molecule has 10 nitrogen and oxygen atoms in total. The number of para-hydroxylation sites is 1. The van der Waals surface area contributed by atoms with Crippen LogP contribution in [0, 0.1) is 23.0 Å². The van der Waals surface area contributed by atoms with E-state index in [0.717, 1.165) is 4.90 Å². The quantitative estimate of drug-likeness (QED) is 0.420. The van der Waals surface area contributed by atoms with Crippen LogP contribution < -0.4 is 14.4 Å². The molecule has 2 atom stereocenters. The van der Waals surface area contributed by atoms with Crippen LogP contribution in [0.25, 0.3) is 0 Å². The number of hydrogen-bond acceptors (Lipinski definition) is 8. The van der Waals surface area contributed by atoms with E-state index in [9.17, 15) is 19.7 Å². The van der Waals surface area contributed by atoms with E-state index in [-0.39, 0.29) is 22.6 Å². The standard InChI is InChI=1S/C20H17N3O7/c1-10-12(7-5-8-13(10)23(26)27)22-19(24)15-16(21-30-18(15)20(22)25)11-6-4-9-14(28-2)17(11)29-3/h4-9,15,18H,1-3H3/t15-,18-/m1/s1. The summed E-state index contributed by atoms with van der Waals surface area (Å²) >= 11 is 0. The summed E-state index contributed by atoms with van der Waals surface area (Å²) in [6.07, 6.45) is -1.15. The van der Waals surface area contributed by atoms with Gasteiger partial charge in [-0.05, 0) is 25.1 Å². The Balaban J connectivity index is 1.77. The van der Waals surface area contributed by atoms with Gasteiger partial charge in [-0.25, -0.2) is 4.90 Å². The molecule has 2 aromatic rings. The normalized spacial score (nSPS) is 20.0. The van der Waals surface area contributed by atoms with Crippen LogP contribution in [0.4, 0.5) is 11.4 Å². The van der Waals surface area contributed by atoms with Gasteiger partial charge < -0.3 is 14.3 Å². The highest BCUT2D eigenvalue weighted by Gasteiger charge is 2.57. The monoisotopic (exact) mass is 411 g/mol. The summed E-state index contributed by atoms with van der Waals surface area (Å²) < 4.78 is 10.7. The van der Waals surface area contributed by atoms with Gasteiger partial charge in [0.15, 0.2) is 11.5 Å². The largest absolute Gasteiger partial charge is 0.493 e. The van der Waals surface area contributed by atoms with Gasteiger partial charge in [0, 0.05) is 11.6 Å². The highest BCUT2D eigenvalue weighted by atomic mass is 16.7. The topological polar surface area (TPSA) is 121 Å². The number of rotatable bonds is 5. The molecular formula is C20H17N3O7. The van der Waals surface area contributed by atoms with E-state index in [2.05, 4.69) is 5.16 Å². The molecule has 0 aliphatic carbocycles. The number of oxime groups is 1. The molecular weight excluding hydrogens is 394 g/mol. The molecule has 1 saturated heterocycles. The van der Waals surface area contributed by atoms with Crippen LogP contribution in [0.1, 0.15) is 11.1 Å². The van der Waals surface area contributed by atoms with Gasteiger partial charge in [0.25, 0.3) is 11.6 Å². The Morgan fingerprint density at radius 3 is 2.50 bits per heavy atom. The van der Waals surface area contributed by atoms with E-state index < -0.39 is 28.8 Å². The van der Waals surface area contributed by atoms with Crippen molar-refractivity contribution < 1.29 is 28.8 Å². The predicted octanol–water partition coefficient (Wildman–Crippen LogP) is 2.21. The summed E-state index contributed by atoms with van der Waals surface area (Å²) in [6.45, 7) is 1.49. The molecule has 4 rings (SSSR count). The predicted molar refractivity (Wildman–Crippen MR) is 105 cm³/mol. The fourth-order valence-electron chi connectivity index (χ4n) is 3.78. The molecule has 2 aliphatic rings. The SMILES string of the molecule is COc1cccc(C2=NO[C@H]3C(=O)N(c4cccc([N+](=O)[O-])c4C)C(=O)[C@H]23)c1OC. The van der Waals surface area contributed by atoms with E-state index >= 15 is 0 Å². The average Bonchev–Trinajstić information content (AvgIpc) is 3.27. The van der Waals surface area contributed by atoms with Gasteiger partial charge in [-0.3, -0.25) is 19.7 Å². The number of anilines is 1. The van der Waals surface area contributed by atoms with Crippen LogP contribution in [0.15, 0.2) is 41.6 Å². The molecule has 154 valence electrons. The van der Waals surface area contributed by atoms with Crippen LogP contribution in [-0.2, 0) is 14.4 Å². The number of carbonyl (C=O) groups is 2. The summed E-state index contributed by atoms with van der Waals surface area (Å²) in [5, 5.41) is 15.2. The lowest BCUT2D eigenvalue weighted by Crippen LogP contribution is -2.33. The number of carbonyl (C=O) groups excluding carboxylic acids is 2. The average molecular weight is 411 g/mol. The minimum absolute atomic E-state index is 0.147. The maximum atomic E-state index is 13.3. The maximum Gasteiger partial charge on any atom is 0.278 e. The number of benzene rings is 2. The van der Waals surface area contributed by atoms with Crippen molar-refractivity contribution in [3.05, 3.63) is 57.6 Å². The van der Waals surface area contributed by atoms with Crippen molar-refractivity contribution in [1.29, 1.82) is 0 Å². The Labute approximate surface area is 170 Å². The zero-order chi connectivity index (χ0) is 21.6. The first-order valence-electron chi connectivity index (χ1n) is 8.97. The Morgan fingerprint density at radius 1 is 1.10 bits per heavy atom. The number of hydrogen-bond donors (Lipinski definition) is 0. The summed E-state index contributed by atoms with van der Waals surface area (Å²) in [5.41, 5.74) is 0.869. The highest BCUT2D eigenvalue weighted by Crippen LogP contribution is 2.41. The van der Waals surface area contributed by atoms with Crippen molar-refractivity contribution in [2.45, 2.75) is 13.0 Å². The molecule has 10 heteroatoms. The van der Waals surface area contributed by atoms with Crippen molar-refractivity contribution in [3.8, 4) is 11.5 Å². The Morgan fingerprint density at radius 2 is 1.83 bits per heavy atom. The summed E-state index contributed by atoms with van der Waals surface area (Å²) in [6, 6.07) is 9.31. The summed E-state index contributed by atoms with van der Waals surface area (Å²) in [5.74, 6) is -1.42. The molecule has 2 aromatic carbocycles. The second-order valence-electron chi connectivity index (χ2n) is 6.71. The summed E-state index contributed by atoms with van der Waals surface area (Å²) in [7, 11) is 2.93. The number of ether oxygens (including phenoxy) is 2. The van der Waals surface area contributed by atoms with E-state index in [0.29, 0.717) is 17.1 Å². The molecule has 0 N–H and O–H groups in total. The van der Waals surface area contributed by atoms with Gasteiger partial charge in [0.2, 0.25) is 12.0 Å². The molecule has 1 fully saturated rings.